The molecular weight excluding hydrogens is 196 g/mol. The van der Waals surface area contributed by atoms with Gasteiger partial charge < -0.3 is 0 Å². The predicted molar refractivity (Wildman–Crippen MR) is 57.9 cm³/mol. The van der Waals surface area contributed by atoms with Gasteiger partial charge in [0.2, 0.25) is 0 Å². The first kappa shape index (κ1) is 10.5. The minimum absolute atomic E-state index is 0.0752. The molecule has 1 saturated carbocycles. The van der Waals surface area contributed by atoms with Crippen LogP contribution >= 0.6 is 0 Å². The maximum absolute atomic E-state index is 11.8. The first-order valence-corrected chi connectivity index (χ1v) is 7.18. The maximum Gasteiger partial charge on any atom is 0.157 e. The highest BCUT2D eigenvalue weighted by Crippen LogP contribution is 2.70. The van der Waals surface area contributed by atoms with Crippen LogP contribution in [0.15, 0.2) is 0 Å². The third kappa shape index (κ3) is 0.854. The molecule has 2 nitrogen and oxygen atoms in total. The number of hydrogen-bond acceptors (Lipinski definition) is 2. The second-order valence-corrected chi connectivity index (χ2v) is 7.90. The summed E-state index contributed by atoms with van der Waals surface area (Å²) < 4.78 is 23.3. The topological polar surface area (TPSA) is 34.1 Å². The summed E-state index contributed by atoms with van der Waals surface area (Å²) in [5.41, 5.74) is 0.0752. The normalized spacial score (nSPS) is 30.7. The van der Waals surface area contributed by atoms with E-state index in [-0.39, 0.29) is 10.2 Å². The Hall–Kier alpha value is -0.0500. The molecule has 14 heavy (non-hydrogen) atoms. The number of sulfone groups is 1. The highest BCUT2D eigenvalue weighted by molar-refractivity contribution is 7.94. The van der Waals surface area contributed by atoms with E-state index in [1.54, 1.807) is 0 Å². The maximum atomic E-state index is 11.8. The van der Waals surface area contributed by atoms with Crippen LogP contribution in [0.3, 0.4) is 0 Å². The summed E-state index contributed by atoms with van der Waals surface area (Å²) >= 11 is 0. The second-order valence-electron chi connectivity index (χ2n) is 5.60. The van der Waals surface area contributed by atoms with E-state index in [9.17, 15) is 8.42 Å². The third-order valence-corrected chi connectivity index (χ3v) is 7.47. The lowest BCUT2D eigenvalue weighted by molar-refractivity contribution is 0.0950. The van der Waals surface area contributed by atoms with E-state index in [0.29, 0.717) is 17.6 Å². The summed E-state index contributed by atoms with van der Waals surface area (Å²) in [7, 11) is -2.75. The molecule has 3 heteroatoms. The molecule has 0 unspecified atom stereocenters. The summed E-state index contributed by atoms with van der Waals surface area (Å²) in [5.74, 6) is 1.39. The molecule has 2 aliphatic rings. The van der Waals surface area contributed by atoms with E-state index in [0.717, 1.165) is 12.8 Å². The molecule has 0 aromatic carbocycles. The summed E-state index contributed by atoms with van der Waals surface area (Å²) in [6.07, 6.45) is 1.82. The Morgan fingerprint density at radius 1 is 1.00 bits per heavy atom. The van der Waals surface area contributed by atoms with Crippen LogP contribution in [0.1, 0.15) is 40.5 Å². The van der Waals surface area contributed by atoms with Crippen molar-refractivity contribution in [2.24, 2.45) is 17.3 Å². The molecule has 1 saturated heterocycles. The summed E-state index contributed by atoms with van der Waals surface area (Å²) in [5, 5.41) is 0. The Morgan fingerprint density at radius 2 is 1.43 bits per heavy atom. The number of hydrogen-bond donors (Lipinski definition) is 0. The fraction of sp³-hybridized carbons (Fsp3) is 1.00. The van der Waals surface area contributed by atoms with Crippen molar-refractivity contribution >= 4 is 9.84 Å². The molecule has 2 fully saturated rings. The molecule has 0 amide bonds. The standard InChI is InChI=1S/C11H20O2S/c1-8(2)11(9(3)4)7-14(12,13)10(11)5-6-10/h8-9H,5-7H2,1-4H3. The van der Waals surface area contributed by atoms with Gasteiger partial charge in [-0.3, -0.25) is 0 Å². The van der Waals surface area contributed by atoms with Crippen molar-refractivity contribution in [1.82, 2.24) is 0 Å². The van der Waals surface area contributed by atoms with Gasteiger partial charge in [0.05, 0.1) is 10.5 Å². The summed E-state index contributed by atoms with van der Waals surface area (Å²) in [6.45, 7) is 8.70. The van der Waals surface area contributed by atoms with E-state index < -0.39 is 9.84 Å². The fourth-order valence-electron chi connectivity index (χ4n) is 3.74. The molecule has 0 aromatic heterocycles. The molecule has 0 atom stereocenters. The molecule has 0 N–H and O–H groups in total. The van der Waals surface area contributed by atoms with Gasteiger partial charge in [0.15, 0.2) is 9.84 Å². The van der Waals surface area contributed by atoms with Crippen LogP contribution in [0.5, 0.6) is 0 Å². The van der Waals surface area contributed by atoms with E-state index >= 15 is 0 Å². The predicted octanol–water partition coefficient (Wildman–Crippen LogP) is 2.25. The SMILES string of the molecule is CC(C)C1(C(C)C)CS(=O)(=O)C12CC2. The Morgan fingerprint density at radius 3 is 1.57 bits per heavy atom. The number of rotatable bonds is 2. The third-order valence-electron chi connectivity index (χ3n) is 4.64. The molecule has 1 aliphatic heterocycles. The Balaban J connectivity index is 2.44. The zero-order chi connectivity index (χ0) is 10.8. The average Bonchev–Trinajstić information content (AvgIpc) is 2.79. The van der Waals surface area contributed by atoms with E-state index in [2.05, 4.69) is 27.7 Å². The Kier molecular flexibility index (Phi) is 1.90. The second kappa shape index (κ2) is 2.55. The lowest BCUT2D eigenvalue weighted by Gasteiger charge is -2.55. The van der Waals surface area contributed by atoms with Crippen LogP contribution in [0, 0.1) is 17.3 Å². The van der Waals surface area contributed by atoms with Gasteiger partial charge in [-0.1, -0.05) is 27.7 Å². The van der Waals surface area contributed by atoms with Crippen molar-refractivity contribution in [3.8, 4) is 0 Å². The first-order valence-electron chi connectivity index (χ1n) is 5.52. The van der Waals surface area contributed by atoms with E-state index in [1.807, 2.05) is 0 Å². The molecule has 1 heterocycles. The lowest BCUT2D eigenvalue weighted by atomic mass is 9.65. The summed E-state index contributed by atoms with van der Waals surface area (Å²) in [6, 6.07) is 0. The average molecular weight is 216 g/mol. The molecular formula is C11H20O2S. The van der Waals surface area contributed by atoms with Gasteiger partial charge in [-0.15, -0.1) is 0 Å². The van der Waals surface area contributed by atoms with Crippen LogP contribution in [0.2, 0.25) is 0 Å². The van der Waals surface area contributed by atoms with Gasteiger partial charge in [0.1, 0.15) is 0 Å². The lowest BCUT2D eigenvalue weighted by Crippen LogP contribution is -2.64. The van der Waals surface area contributed by atoms with Crippen molar-refractivity contribution < 1.29 is 8.42 Å². The van der Waals surface area contributed by atoms with Gasteiger partial charge in [0, 0.05) is 5.41 Å². The van der Waals surface area contributed by atoms with E-state index in [4.69, 9.17) is 0 Å². The van der Waals surface area contributed by atoms with Crippen molar-refractivity contribution in [2.75, 3.05) is 5.75 Å². The fourth-order valence-corrected chi connectivity index (χ4v) is 7.18. The van der Waals surface area contributed by atoms with Crippen LogP contribution in [0.4, 0.5) is 0 Å². The molecule has 0 aromatic rings. The molecule has 1 aliphatic carbocycles. The molecule has 0 bridgehead atoms. The van der Waals surface area contributed by atoms with Crippen LogP contribution in [-0.4, -0.2) is 18.9 Å². The molecule has 82 valence electrons. The zero-order valence-corrected chi connectivity index (χ0v) is 10.3. The van der Waals surface area contributed by atoms with E-state index in [1.165, 1.54) is 0 Å². The van der Waals surface area contributed by atoms with Crippen molar-refractivity contribution in [3.63, 3.8) is 0 Å². The first-order chi connectivity index (χ1) is 6.30. The summed E-state index contributed by atoms with van der Waals surface area (Å²) in [4.78, 5) is 0. The highest BCUT2D eigenvalue weighted by Gasteiger charge is 2.77. The van der Waals surface area contributed by atoms with Crippen molar-refractivity contribution in [2.45, 2.75) is 45.3 Å². The van der Waals surface area contributed by atoms with Crippen LogP contribution in [0.25, 0.3) is 0 Å². The Labute approximate surface area is 87.0 Å². The van der Waals surface area contributed by atoms with Gasteiger partial charge in [-0.25, -0.2) is 8.42 Å². The molecule has 2 rings (SSSR count). The van der Waals surface area contributed by atoms with Gasteiger partial charge in [-0.05, 0) is 24.7 Å². The molecule has 0 radical (unpaired) electrons. The van der Waals surface area contributed by atoms with Gasteiger partial charge in [0.25, 0.3) is 0 Å². The Bertz CT molecular complexity index is 339. The minimum atomic E-state index is -2.75. The van der Waals surface area contributed by atoms with Gasteiger partial charge >= 0.3 is 0 Å². The quantitative estimate of drug-likeness (QED) is 0.709. The largest absolute Gasteiger partial charge is 0.228 e. The minimum Gasteiger partial charge on any atom is -0.228 e. The highest BCUT2D eigenvalue weighted by atomic mass is 32.2. The molecule has 1 spiro atoms. The monoisotopic (exact) mass is 216 g/mol. The zero-order valence-electron chi connectivity index (χ0n) is 9.50. The van der Waals surface area contributed by atoms with Gasteiger partial charge in [-0.2, -0.15) is 0 Å². The van der Waals surface area contributed by atoms with Crippen LogP contribution in [-0.2, 0) is 9.84 Å². The van der Waals surface area contributed by atoms with Crippen molar-refractivity contribution in [1.29, 1.82) is 0 Å². The smallest absolute Gasteiger partial charge is 0.157 e. The van der Waals surface area contributed by atoms with Crippen LogP contribution < -0.4 is 0 Å². The van der Waals surface area contributed by atoms with Crippen molar-refractivity contribution in [3.05, 3.63) is 0 Å².